The van der Waals surface area contributed by atoms with E-state index in [9.17, 15) is 9.59 Å². The Kier molecular flexibility index (Phi) is 6.78. The van der Waals surface area contributed by atoms with Crippen molar-refractivity contribution in [1.82, 2.24) is 5.32 Å². The van der Waals surface area contributed by atoms with Gasteiger partial charge < -0.3 is 10.1 Å². The number of hydrogen-bond acceptors (Lipinski definition) is 3. The maximum Gasteiger partial charge on any atom is 0.307 e. The fourth-order valence-electron chi connectivity index (χ4n) is 4.31. The van der Waals surface area contributed by atoms with Crippen molar-refractivity contribution >= 4 is 11.9 Å². The van der Waals surface area contributed by atoms with Crippen molar-refractivity contribution in [3.8, 4) is 0 Å². The van der Waals surface area contributed by atoms with Gasteiger partial charge in [0.15, 0.2) is 6.61 Å². The van der Waals surface area contributed by atoms with Crippen LogP contribution in [-0.2, 0) is 20.7 Å². The lowest BCUT2D eigenvalue weighted by molar-refractivity contribution is -0.149. The molecule has 0 saturated heterocycles. The molecule has 0 bridgehead atoms. The lowest BCUT2D eigenvalue weighted by atomic mass is 9.88. The molecule has 0 saturated carbocycles. The molecule has 0 spiro atoms. The van der Waals surface area contributed by atoms with Crippen LogP contribution in [0.2, 0.25) is 0 Å². The highest BCUT2D eigenvalue weighted by Gasteiger charge is 2.23. The van der Waals surface area contributed by atoms with Gasteiger partial charge in [-0.25, -0.2) is 0 Å². The molecule has 4 nitrogen and oxygen atoms in total. The fourth-order valence-corrected chi connectivity index (χ4v) is 4.31. The molecule has 158 valence electrons. The molecule has 1 atom stereocenters. The number of hydrogen-bond donors (Lipinski definition) is 1. The van der Waals surface area contributed by atoms with E-state index in [4.69, 9.17) is 4.74 Å². The molecule has 0 fully saturated rings. The Morgan fingerprint density at radius 1 is 0.871 bits per heavy atom. The molecule has 1 N–H and O–H groups in total. The van der Waals surface area contributed by atoms with Gasteiger partial charge in [0.25, 0.3) is 5.91 Å². The van der Waals surface area contributed by atoms with Crippen molar-refractivity contribution in [1.29, 1.82) is 0 Å². The third-order valence-electron chi connectivity index (χ3n) is 5.84. The third kappa shape index (κ3) is 5.40. The van der Waals surface area contributed by atoms with E-state index in [1.165, 1.54) is 11.1 Å². The van der Waals surface area contributed by atoms with Crippen molar-refractivity contribution in [2.75, 3.05) is 6.61 Å². The molecular weight excluding hydrogens is 386 g/mol. The summed E-state index contributed by atoms with van der Waals surface area (Å²) in [5.41, 5.74) is 4.55. The predicted molar refractivity (Wildman–Crippen MR) is 121 cm³/mol. The van der Waals surface area contributed by atoms with Gasteiger partial charge in [-0.05, 0) is 41.5 Å². The second-order valence-electron chi connectivity index (χ2n) is 7.95. The van der Waals surface area contributed by atoms with Crippen LogP contribution in [0.15, 0.2) is 84.9 Å². The van der Waals surface area contributed by atoms with E-state index in [2.05, 4.69) is 17.4 Å². The topological polar surface area (TPSA) is 55.4 Å². The van der Waals surface area contributed by atoms with Crippen molar-refractivity contribution in [2.24, 2.45) is 0 Å². The smallest absolute Gasteiger partial charge is 0.307 e. The Morgan fingerprint density at radius 2 is 1.48 bits per heavy atom. The number of nitrogens with one attached hydrogen (secondary N) is 1. The van der Waals surface area contributed by atoms with Crippen LogP contribution in [0.5, 0.6) is 0 Å². The number of aryl methyl sites for hydroxylation is 1. The van der Waals surface area contributed by atoms with E-state index < -0.39 is 0 Å². The molecule has 3 aromatic carbocycles. The second-order valence-corrected chi connectivity index (χ2v) is 7.95. The van der Waals surface area contributed by atoms with E-state index in [1.54, 1.807) is 0 Å². The van der Waals surface area contributed by atoms with E-state index >= 15 is 0 Å². The molecule has 1 aliphatic carbocycles. The zero-order valence-electron chi connectivity index (χ0n) is 17.5. The number of rotatable bonds is 7. The Balaban J connectivity index is 1.35. The predicted octanol–water partition coefficient (Wildman–Crippen LogP) is 4.95. The number of ether oxygens (including phenoxy) is 1. The molecule has 0 heterocycles. The number of amides is 1. The quantitative estimate of drug-likeness (QED) is 0.558. The molecule has 0 radical (unpaired) electrons. The van der Waals surface area contributed by atoms with Crippen molar-refractivity contribution in [2.45, 2.75) is 37.6 Å². The maximum atomic E-state index is 12.6. The van der Waals surface area contributed by atoms with Crippen LogP contribution in [-0.4, -0.2) is 18.5 Å². The molecular formula is C27H27NO3. The summed E-state index contributed by atoms with van der Waals surface area (Å²) in [6, 6.07) is 28.0. The van der Waals surface area contributed by atoms with E-state index in [1.807, 2.05) is 72.8 Å². The first kappa shape index (κ1) is 20.9. The minimum Gasteiger partial charge on any atom is -0.456 e. The molecule has 1 unspecified atom stereocenters. The third-order valence-corrected chi connectivity index (χ3v) is 5.84. The molecule has 4 heteroatoms. The van der Waals surface area contributed by atoms with Gasteiger partial charge in [0.05, 0.1) is 12.5 Å². The van der Waals surface area contributed by atoms with Crippen LogP contribution in [0.1, 0.15) is 53.5 Å². The van der Waals surface area contributed by atoms with E-state index in [0.717, 1.165) is 30.4 Å². The first-order valence-electron chi connectivity index (χ1n) is 10.8. The van der Waals surface area contributed by atoms with Crippen molar-refractivity contribution in [3.05, 3.63) is 107 Å². The van der Waals surface area contributed by atoms with Gasteiger partial charge in [0.1, 0.15) is 0 Å². The fraction of sp³-hybridized carbons (Fsp3) is 0.259. The summed E-state index contributed by atoms with van der Waals surface area (Å²) in [5.74, 6) is -0.744. The minimum absolute atomic E-state index is 0.0162. The summed E-state index contributed by atoms with van der Waals surface area (Å²) < 4.78 is 5.36. The Morgan fingerprint density at radius 3 is 2.16 bits per heavy atom. The highest BCUT2D eigenvalue weighted by molar-refractivity contribution is 5.81. The van der Waals surface area contributed by atoms with Crippen LogP contribution < -0.4 is 5.32 Å². The van der Waals surface area contributed by atoms with Gasteiger partial charge in [-0.1, -0.05) is 84.9 Å². The van der Waals surface area contributed by atoms with Crippen LogP contribution in [0.3, 0.4) is 0 Å². The van der Waals surface area contributed by atoms with Gasteiger partial charge >= 0.3 is 5.97 Å². The molecule has 31 heavy (non-hydrogen) atoms. The Labute approximate surface area is 183 Å². The van der Waals surface area contributed by atoms with Crippen molar-refractivity contribution in [3.63, 3.8) is 0 Å². The minimum atomic E-state index is -0.378. The van der Waals surface area contributed by atoms with Gasteiger partial charge in [0.2, 0.25) is 0 Å². The lowest BCUT2D eigenvalue weighted by Crippen LogP contribution is -2.34. The van der Waals surface area contributed by atoms with E-state index in [-0.39, 0.29) is 36.9 Å². The van der Waals surface area contributed by atoms with Gasteiger partial charge in [0, 0.05) is 5.92 Å². The molecule has 3 aromatic rings. The summed E-state index contributed by atoms with van der Waals surface area (Å²) >= 11 is 0. The first-order valence-corrected chi connectivity index (χ1v) is 10.8. The maximum absolute atomic E-state index is 12.6. The van der Waals surface area contributed by atoms with E-state index in [0.29, 0.717) is 0 Å². The highest BCUT2D eigenvalue weighted by atomic mass is 16.5. The zero-order chi connectivity index (χ0) is 21.5. The molecule has 1 aliphatic rings. The molecule has 1 amide bonds. The van der Waals surface area contributed by atoms with Gasteiger partial charge in [-0.2, -0.15) is 0 Å². The Hall–Kier alpha value is -3.40. The molecule has 0 aliphatic heterocycles. The molecule has 0 aromatic heterocycles. The summed E-state index contributed by atoms with van der Waals surface area (Å²) in [7, 11) is 0. The normalized spacial score (nSPS) is 15.2. The van der Waals surface area contributed by atoms with Crippen LogP contribution in [0.4, 0.5) is 0 Å². The average Bonchev–Trinajstić information content (AvgIpc) is 2.82. The second kappa shape index (κ2) is 10.1. The largest absolute Gasteiger partial charge is 0.456 e. The number of esters is 1. The summed E-state index contributed by atoms with van der Waals surface area (Å²) in [6.07, 6.45) is 3.17. The van der Waals surface area contributed by atoms with Crippen LogP contribution in [0, 0.1) is 0 Å². The number of fused-ring (bicyclic) bond motifs is 1. The number of carbonyl (C=O) groups excluding carboxylic acids is 2. The standard InChI is InChI=1S/C27H27NO3/c29-26(28-25-17-9-15-20-14-7-8-16-23(20)25)19-31-27(30)18-24(21-10-3-1-4-11-21)22-12-5-2-6-13-22/h1-8,10-14,16,24-25H,9,15,17-19H2,(H,28,29). The average molecular weight is 414 g/mol. The van der Waals surface area contributed by atoms with Gasteiger partial charge in [-0.3, -0.25) is 9.59 Å². The van der Waals surface area contributed by atoms with Crippen LogP contribution >= 0.6 is 0 Å². The summed E-state index contributed by atoms with van der Waals surface area (Å²) in [6.45, 7) is -0.256. The highest BCUT2D eigenvalue weighted by Crippen LogP contribution is 2.30. The summed E-state index contributed by atoms with van der Waals surface area (Å²) in [5, 5.41) is 3.03. The van der Waals surface area contributed by atoms with Crippen molar-refractivity contribution < 1.29 is 14.3 Å². The monoisotopic (exact) mass is 413 g/mol. The number of carbonyl (C=O) groups is 2. The first-order chi connectivity index (χ1) is 15.2. The number of benzene rings is 3. The lowest BCUT2D eigenvalue weighted by Gasteiger charge is -2.26. The van der Waals surface area contributed by atoms with Crippen LogP contribution in [0.25, 0.3) is 0 Å². The zero-order valence-corrected chi connectivity index (χ0v) is 17.5. The summed E-state index contributed by atoms with van der Waals surface area (Å²) in [4.78, 5) is 25.1. The SMILES string of the molecule is O=C(COC(=O)CC(c1ccccc1)c1ccccc1)NC1CCCc2ccccc21. The molecule has 4 rings (SSSR count). The van der Waals surface area contributed by atoms with Gasteiger partial charge in [-0.15, -0.1) is 0 Å². The Bertz CT molecular complexity index is 977.